The molecule has 1 N–H and O–H groups in total. The molecule has 0 aliphatic rings. The quantitative estimate of drug-likeness (QED) is 0.833. The summed E-state index contributed by atoms with van der Waals surface area (Å²) < 4.78 is 10.2. The highest BCUT2D eigenvalue weighted by Crippen LogP contribution is 2.26. The first-order valence-electron chi connectivity index (χ1n) is 7.48. The number of anilines is 1. The second-order valence-corrected chi connectivity index (χ2v) is 5.26. The second kappa shape index (κ2) is 9.07. The molecule has 0 saturated heterocycles. The van der Waals surface area contributed by atoms with E-state index in [-0.39, 0.29) is 12.1 Å². The van der Waals surface area contributed by atoms with Crippen molar-refractivity contribution in [3.63, 3.8) is 0 Å². The van der Waals surface area contributed by atoms with E-state index >= 15 is 0 Å². The van der Waals surface area contributed by atoms with Crippen molar-refractivity contribution in [1.82, 2.24) is 0 Å². The zero-order chi connectivity index (χ0) is 17.3. The van der Waals surface area contributed by atoms with Crippen LogP contribution in [0.4, 0.5) is 10.5 Å². The van der Waals surface area contributed by atoms with Gasteiger partial charge in [-0.2, -0.15) is 0 Å². The Labute approximate surface area is 133 Å². The minimum Gasteiger partial charge on any atom is -0.455 e. The summed E-state index contributed by atoms with van der Waals surface area (Å²) >= 11 is 0. The number of esters is 1. The molecule has 0 atom stereocenters. The van der Waals surface area contributed by atoms with Crippen molar-refractivity contribution in [2.45, 2.75) is 60.2 Å². The molecule has 0 aliphatic heterocycles. The van der Waals surface area contributed by atoms with Gasteiger partial charge in [-0.3, -0.25) is 10.1 Å². The lowest BCUT2D eigenvalue weighted by Gasteiger charge is -2.25. The van der Waals surface area contributed by atoms with Crippen molar-refractivity contribution in [3.8, 4) is 0 Å². The molecule has 5 heteroatoms. The maximum Gasteiger partial charge on any atom is 0.411 e. The van der Waals surface area contributed by atoms with Crippen LogP contribution >= 0.6 is 0 Å². The lowest BCUT2D eigenvalue weighted by Crippen LogP contribution is -2.24. The van der Waals surface area contributed by atoms with Crippen LogP contribution in [0.2, 0.25) is 0 Å². The molecular formula is C17H27NO4. The predicted molar refractivity (Wildman–Crippen MR) is 87.8 cm³/mol. The van der Waals surface area contributed by atoms with Crippen molar-refractivity contribution in [2.75, 3.05) is 5.32 Å². The van der Waals surface area contributed by atoms with Gasteiger partial charge in [-0.25, -0.2) is 4.79 Å². The van der Waals surface area contributed by atoms with Crippen LogP contribution < -0.4 is 5.32 Å². The summed E-state index contributed by atoms with van der Waals surface area (Å²) in [5.74, 6) is -0.335. The SMILES string of the molecule is CC.CC(=O)OC(C)(C)c1ccc(NC(=O)OC(C)C)cc1. The maximum atomic E-state index is 11.4. The van der Waals surface area contributed by atoms with Gasteiger partial charge in [0.25, 0.3) is 0 Å². The summed E-state index contributed by atoms with van der Waals surface area (Å²) in [6, 6.07) is 7.08. The fraction of sp³-hybridized carbons (Fsp3) is 0.529. The van der Waals surface area contributed by atoms with Crippen molar-refractivity contribution < 1.29 is 19.1 Å². The van der Waals surface area contributed by atoms with Crippen LogP contribution in [-0.2, 0) is 19.9 Å². The Hall–Kier alpha value is -2.04. The molecule has 0 heterocycles. The molecule has 0 bridgehead atoms. The summed E-state index contributed by atoms with van der Waals surface area (Å²) in [5.41, 5.74) is 0.761. The second-order valence-electron chi connectivity index (χ2n) is 5.26. The van der Waals surface area contributed by atoms with E-state index in [4.69, 9.17) is 9.47 Å². The number of benzene rings is 1. The van der Waals surface area contributed by atoms with Crippen molar-refractivity contribution in [2.24, 2.45) is 0 Å². The molecule has 0 fully saturated rings. The highest BCUT2D eigenvalue weighted by molar-refractivity contribution is 5.84. The van der Waals surface area contributed by atoms with Crippen LogP contribution in [0.3, 0.4) is 0 Å². The molecule has 1 aromatic carbocycles. The summed E-state index contributed by atoms with van der Waals surface area (Å²) in [7, 11) is 0. The van der Waals surface area contributed by atoms with Gasteiger partial charge in [-0.15, -0.1) is 0 Å². The molecule has 0 spiro atoms. The summed E-state index contributed by atoms with van der Waals surface area (Å²) in [5, 5.41) is 2.62. The Kier molecular flexibility index (Phi) is 8.23. The Balaban J connectivity index is 0.00000211. The van der Waals surface area contributed by atoms with Gasteiger partial charge in [0.15, 0.2) is 0 Å². The smallest absolute Gasteiger partial charge is 0.411 e. The summed E-state index contributed by atoms with van der Waals surface area (Å²) in [6.07, 6.45) is -0.663. The standard InChI is InChI=1S/C15H21NO4.C2H6/c1-10(2)19-14(18)16-13-8-6-12(7-9-13)15(4,5)20-11(3)17;1-2/h6-10H,1-5H3,(H,16,18);1-2H3. The number of amides is 1. The van der Waals surface area contributed by atoms with Crippen LogP contribution in [0.15, 0.2) is 24.3 Å². The number of carbonyl (C=O) groups excluding carboxylic acids is 2. The van der Waals surface area contributed by atoms with E-state index < -0.39 is 11.7 Å². The lowest BCUT2D eigenvalue weighted by molar-refractivity contribution is -0.154. The van der Waals surface area contributed by atoms with E-state index in [9.17, 15) is 9.59 Å². The normalized spacial score (nSPS) is 10.4. The molecule has 1 amide bonds. The lowest BCUT2D eigenvalue weighted by atomic mass is 9.98. The van der Waals surface area contributed by atoms with Gasteiger partial charge in [-0.05, 0) is 45.4 Å². The van der Waals surface area contributed by atoms with E-state index in [0.717, 1.165) is 5.56 Å². The Morgan fingerprint density at radius 2 is 1.59 bits per heavy atom. The molecule has 1 rings (SSSR count). The fourth-order valence-corrected chi connectivity index (χ4v) is 1.73. The molecule has 0 saturated carbocycles. The topological polar surface area (TPSA) is 64.6 Å². The number of hydrogen-bond acceptors (Lipinski definition) is 4. The highest BCUT2D eigenvalue weighted by Gasteiger charge is 2.23. The van der Waals surface area contributed by atoms with Gasteiger partial charge in [-0.1, -0.05) is 26.0 Å². The minimum absolute atomic E-state index is 0.169. The van der Waals surface area contributed by atoms with Gasteiger partial charge in [0.2, 0.25) is 0 Å². The third-order valence-corrected chi connectivity index (χ3v) is 2.57. The minimum atomic E-state index is -0.706. The molecule has 124 valence electrons. The van der Waals surface area contributed by atoms with Gasteiger partial charge < -0.3 is 9.47 Å². The number of hydrogen-bond donors (Lipinski definition) is 1. The van der Waals surface area contributed by atoms with E-state index in [1.54, 1.807) is 38.1 Å². The largest absolute Gasteiger partial charge is 0.455 e. The van der Waals surface area contributed by atoms with Gasteiger partial charge in [0, 0.05) is 12.6 Å². The number of rotatable bonds is 4. The average molecular weight is 309 g/mol. The Morgan fingerprint density at radius 1 is 1.09 bits per heavy atom. The highest BCUT2D eigenvalue weighted by atomic mass is 16.6. The van der Waals surface area contributed by atoms with E-state index in [1.807, 2.05) is 27.7 Å². The van der Waals surface area contributed by atoms with Crippen LogP contribution in [0.1, 0.15) is 54.0 Å². The monoisotopic (exact) mass is 309 g/mol. The number of nitrogens with one attached hydrogen (secondary N) is 1. The third-order valence-electron chi connectivity index (χ3n) is 2.57. The van der Waals surface area contributed by atoms with Gasteiger partial charge in [0.05, 0.1) is 6.10 Å². The van der Waals surface area contributed by atoms with Gasteiger partial charge >= 0.3 is 12.1 Å². The van der Waals surface area contributed by atoms with Crippen molar-refractivity contribution in [3.05, 3.63) is 29.8 Å². The van der Waals surface area contributed by atoms with E-state index in [0.29, 0.717) is 5.69 Å². The van der Waals surface area contributed by atoms with Crippen LogP contribution in [0.5, 0.6) is 0 Å². The fourth-order valence-electron chi connectivity index (χ4n) is 1.73. The van der Waals surface area contributed by atoms with Crippen molar-refractivity contribution >= 4 is 17.7 Å². The average Bonchev–Trinajstić information content (AvgIpc) is 2.39. The molecule has 0 unspecified atom stereocenters. The Morgan fingerprint density at radius 3 is 2.00 bits per heavy atom. The first-order valence-corrected chi connectivity index (χ1v) is 7.48. The molecule has 1 aromatic rings. The maximum absolute atomic E-state index is 11.4. The predicted octanol–water partition coefficient (Wildman–Crippen LogP) is 4.47. The third kappa shape index (κ3) is 7.11. The van der Waals surface area contributed by atoms with Crippen molar-refractivity contribution in [1.29, 1.82) is 0 Å². The number of carbonyl (C=O) groups is 2. The zero-order valence-electron chi connectivity index (χ0n) is 14.5. The molecular weight excluding hydrogens is 282 g/mol. The van der Waals surface area contributed by atoms with E-state index in [2.05, 4.69) is 5.32 Å². The van der Waals surface area contributed by atoms with Gasteiger partial charge in [0.1, 0.15) is 5.60 Å². The first-order chi connectivity index (χ1) is 10.2. The van der Waals surface area contributed by atoms with Crippen LogP contribution in [0.25, 0.3) is 0 Å². The van der Waals surface area contributed by atoms with Crippen LogP contribution in [-0.4, -0.2) is 18.2 Å². The Bertz CT molecular complexity index is 478. The zero-order valence-corrected chi connectivity index (χ0v) is 14.5. The molecule has 0 aliphatic carbocycles. The first kappa shape index (κ1) is 20.0. The molecule has 5 nitrogen and oxygen atoms in total. The number of ether oxygens (including phenoxy) is 2. The summed E-state index contributed by atoms with van der Waals surface area (Å²) in [6.45, 7) is 12.6. The van der Waals surface area contributed by atoms with Crippen LogP contribution in [0, 0.1) is 0 Å². The molecule has 22 heavy (non-hydrogen) atoms. The summed E-state index contributed by atoms with van der Waals surface area (Å²) in [4.78, 5) is 22.5. The van der Waals surface area contributed by atoms with E-state index in [1.165, 1.54) is 6.92 Å². The molecule has 0 aromatic heterocycles. The molecule has 0 radical (unpaired) electrons.